The van der Waals surface area contributed by atoms with E-state index in [0.717, 1.165) is 23.3 Å². The first-order chi connectivity index (χ1) is 8.24. The second-order valence-electron chi connectivity index (χ2n) is 3.94. The fourth-order valence-corrected chi connectivity index (χ4v) is 1.84. The van der Waals surface area contributed by atoms with E-state index in [-0.39, 0.29) is 5.75 Å². The summed E-state index contributed by atoms with van der Waals surface area (Å²) in [4.78, 5) is 0. The van der Waals surface area contributed by atoms with Crippen molar-refractivity contribution in [1.82, 2.24) is 0 Å². The van der Waals surface area contributed by atoms with Crippen LogP contribution in [0.1, 0.15) is 12.5 Å². The number of hydrogen-bond donors (Lipinski definition) is 1. The normalized spacial score (nSPS) is 10.2. The minimum atomic E-state index is 0.277. The maximum atomic E-state index is 9.30. The lowest BCUT2D eigenvalue weighted by Crippen LogP contribution is -1.90. The summed E-state index contributed by atoms with van der Waals surface area (Å²) in [6.45, 7) is 2.13. The summed E-state index contributed by atoms with van der Waals surface area (Å²) in [6.07, 6.45) is 0.995. The molecule has 2 aromatic rings. The molecule has 0 saturated carbocycles. The van der Waals surface area contributed by atoms with Crippen molar-refractivity contribution in [3.63, 3.8) is 0 Å². The molecule has 0 spiro atoms. The second-order valence-corrected chi connectivity index (χ2v) is 3.94. The summed E-state index contributed by atoms with van der Waals surface area (Å²) >= 11 is 0. The topological polar surface area (TPSA) is 29.5 Å². The molecule has 0 amide bonds. The number of phenols is 1. The molecule has 1 N–H and O–H groups in total. The molecule has 0 radical (unpaired) electrons. The van der Waals surface area contributed by atoms with Crippen LogP contribution in [0.4, 0.5) is 0 Å². The van der Waals surface area contributed by atoms with Gasteiger partial charge in [-0.25, -0.2) is 0 Å². The smallest absolute Gasteiger partial charge is 0.126 e. The van der Waals surface area contributed by atoms with Crippen LogP contribution in [0, 0.1) is 0 Å². The van der Waals surface area contributed by atoms with Crippen LogP contribution >= 0.6 is 0 Å². The molecule has 2 nitrogen and oxygen atoms in total. The molecule has 17 heavy (non-hydrogen) atoms. The van der Waals surface area contributed by atoms with Gasteiger partial charge < -0.3 is 9.84 Å². The van der Waals surface area contributed by atoms with E-state index < -0.39 is 0 Å². The highest BCUT2D eigenvalue weighted by Crippen LogP contribution is 2.31. The second kappa shape index (κ2) is 4.91. The Morgan fingerprint density at radius 1 is 1.06 bits per heavy atom. The lowest BCUT2D eigenvalue weighted by atomic mass is 10.0. The van der Waals surface area contributed by atoms with E-state index in [2.05, 4.69) is 19.1 Å². The summed E-state index contributed by atoms with van der Waals surface area (Å²) in [5.74, 6) is 1.13. The number of methoxy groups -OCH3 is 1. The van der Waals surface area contributed by atoms with Crippen LogP contribution in [0.3, 0.4) is 0 Å². The third kappa shape index (κ3) is 2.41. The first-order valence-corrected chi connectivity index (χ1v) is 5.71. The molecule has 0 unspecified atom stereocenters. The third-order valence-corrected chi connectivity index (χ3v) is 2.85. The van der Waals surface area contributed by atoms with Gasteiger partial charge in [-0.15, -0.1) is 0 Å². The van der Waals surface area contributed by atoms with Crippen molar-refractivity contribution in [3.8, 4) is 22.6 Å². The Kier molecular flexibility index (Phi) is 3.33. The van der Waals surface area contributed by atoms with E-state index >= 15 is 0 Å². The zero-order valence-corrected chi connectivity index (χ0v) is 10.1. The van der Waals surface area contributed by atoms with Gasteiger partial charge in [0.1, 0.15) is 11.5 Å². The van der Waals surface area contributed by atoms with Gasteiger partial charge in [-0.05, 0) is 41.8 Å². The van der Waals surface area contributed by atoms with Crippen LogP contribution in [0.25, 0.3) is 11.1 Å². The number of benzene rings is 2. The van der Waals surface area contributed by atoms with Gasteiger partial charge in [-0.1, -0.05) is 25.1 Å². The van der Waals surface area contributed by atoms with Crippen LogP contribution in [0.2, 0.25) is 0 Å². The molecule has 2 rings (SSSR count). The van der Waals surface area contributed by atoms with Gasteiger partial charge in [-0.2, -0.15) is 0 Å². The van der Waals surface area contributed by atoms with Gasteiger partial charge >= 0.3 is 0 Å². The Morgan fingerprint density at radius 2 is 1.76 bits per heavy atom. The van der Waals surface area contributed by atoms with E-state index in [9.17, 15) is 5.11 Å². The molecule has 0 aliphatic carbocycles. The molecule has 0 aliphatic heterocycles. The quantitative estimate of drug-likeness (QED) is 0.869. The monoisotopic (exact) mass is 228 g/mol. The number of hydrogen-bond acceptors (Lipinski definition) is 2. The van der Waals surface area contributed by atoms with Gasteiger partial charge in [0.05, 0.1) is 7.11 Å². The minimum Gasteiger partial charge on any atom is -0.508 e. The fraction of sp³-hybridized carbons (Fsp3) is 0.200. The maximum Gasteiger partial charge on any atom is 0.126 e. The predicted octanol–water partition coefficient (Wildman–Crippen LogP) is 3.63. The highest BCUT2D eigenvalue weighted by Gasteiger charge is 2.06. The predicted molar refractivity (Wildman–Crippen MR) is 69.5 cm³/mol. The average molecular weight is 228 g/mol. The zero-order valence-electron chi connectivity index (χ0n) is 10.1. The number of ether oxygens (including phenoxy) is 1. The summed E-state index contributed by atoms with van der Waals surface area (Å²) in [6, 6.07) is 13.4. The van der Waals surface area contributed by atoms with Crippen LogP contribution in [0.5, 0.6) is 11.5 Å². The van der Waals surface area contributed by atoms with Crippen LogP contribution < -0.4 is 4.74 Å². The van der Waals surface area contributed by atoms with E-state index in [1.54, 1.807) is 19.2 Å². The summed E-state index contributed by atoms with van der Waals surface area (Å²) in [7, 11) is 1.67. The number of aryl methyl sites for hydroxylation is 1. The van der Waals surface area contributed by atoms with Gasteiger partial charge in [0.2, 0.25) is 0 Å². The van der Waals surface area contributed by atoms with E-state index in [1.165, 1.54) is 5.56 Å². The minimum absolute atomic E-state index is 0.277. The Hall–Kier alpha value is -1.96. The molecule has 0 atom stereocenters. The summed E-state index contributed by atoms with van der Waals surface area (Å²) in [5, 5.41) is 9.30. The van der Waals surface area contributed by atoms with Gasteiger partial charge in [0, 0.05) is 5.56 Å². The highest BCUT2D eigenvalue weighted by atomic mass is 16.5. The van der Waals surface area contributed by atoms with Crippen molar-refractivity contribution in [2.45, 2.75) is 13.3 Å². The van der Waals surface area contributed by atoms with Crippen molar-refractivity contribution < 1.29 is 9.84 Å². The largest absolute Gasteiger partial charge is 0.508 e. The molecule has 2 heteroatoms. The Balaban J connectivity index is 2.51. The summed E-state index contributed by atoms with van der Waals surface area (Å²) < 4.78 is 5.37. The molecule has 88 valence electrons. The molecule has 2 aromatic carbocycles. The van der Waals surface area contributed by atoms with Crippen LogP contribution in [-0.4, -0.2) is 12.2 Å². The molecule has 0 bridgehead atoms. The SMILES string of the molecule is CCc1ccc(OC)c(-c2ccc(O)cc2)c1. The lowest BCUT2D eigenvalue weighted by molar-refractivity contribution is 0.416. The highest BCUT2D eigenvalue weighted by molar-refractivity contribution is 5.71. The number of aromatic hydroxyl groups is 1. The maximum absolute atomic E-state index is 9.30. The molecule has 0 saturated heterocycles. The van der Waals surface area contributed by atoms with Crippen molar-refractivity contribution in [3.05, 3.63) is 48.0 Å². The van der Waals surface area contributed by atoms with E-state index in [4.69, 9.17) is 4.74 Å². The van der Waals surface area contributed by atoms with Crippen molar-refractivity contribution in [2.75, 3.05) is 7.11 Å². The molecule has 0 aliphatic rings. The van der Waals surface area contributed by atoms with Gasteiger partial charge in [0.15, 0.2) is 0 Å². The van der Waals surface area contributed by atoms with Gasteiger partial charge in [-0.3, -0.25) is 0 Å². The van der Waals surface area contributed by atoms with Crippen molar-refractivity contribution in [2.24, 2.45) is 0 Å². The Morgan fingerprint density at radius 3 is 2.35 bits per heavy atom. The fourth-order valence-electron chi connectivity index (χ4n) is 1.84. The standard InChI is InChI=1S/C15H16O2/c1-3-11-4-9-15(17-2)14(10-11)12-5-7-13(16)8-6-12/h4-10,16H,3H2,1-2H3. The Labute approximate surface area is 101 Å². The van der Waals surface area contributed by atoms with Crippen LogP contribution in [-0.2, 0) is 6.42 Å². The van der Waals surface area contributed by atoms with Crippen molar-refractivity contribution >= 4 is 0 Å². The molecule has 0 aromatic heterocycles. The average Bonchev–Trinajstić information content (AvgIpc) is 2.39. The summed E-state index contributed by atoms with van der Waals surface area (Å²) in [5.41, 5.74) is 3.38. The Bertz CT molecular complexity index is 501. The number of rotatable bonds is 3. The zero-order chi connectivity index (χ0) is 12.3. The van der Waals surface area contributed by atoms with Gasteiger partial charge in [0.25, 0.3) is 0 Å². The first-order valence-electron chi connectivity index (χ1n) is 5.71. The third-order valence-electron chi connectivity index (χ3n) is 2.85. The van der Waals surface area contributed by atoms with Crippen molar-refractivity contribution in [1.29, 1.82) is 0 Å². The molecule has 0 fully saturated rings. The molecule has 0 heterocycles. The first kappa shape index (κ1) is 11.5. The molecular formula is C15H16O2. The lowest BCUT2D eigenvalue weighted by Gasteiger charge is -2.10. The van der Waals surface area contributed by atoms with E-state index in [1.807, 2.05) is 18.2 Å². The molecular weight excluding hydrogens is 212 g/mol. The number of phenolic OH excluding ortho intramolecular Hbond substituents is 1. The van der Waals surface area contributed by atoms with Crippen LogP contribution in [0.15, 0.2) is 42.5 Å². The van der Waals surface area contributed by atoms with E-state index in [0.29, 0.717) is 0 Å².